The molecule has 1 fully saturated rings. The molecular formula is C20H28N4O5. The van der Waals surface area contributed by atoms with E-state index >= 15 is 0 Å². The number of likely N-dealkylation sites (N-methyl/N-ethyl adjacent to an activating group) is 1. The van der Waals surface area contributed by atoms with Gasteiger partial charge in [-0.25, -0.2) is 0 Å². The normalized spacial score (nSPS) is 16.6. The maximum Gasteiger partial charge on any atom is 0.308 e. The van der Waals surface area contributed by atoms with E-state index < -0.39 is 0 Å². The summed E-state index contributed by atoms with van der Waals surface area (Å²) < 4.78 is 21.6. The van der Waals surface area contributed by atoms with Gasteiger partial charge in [0.1, 0.15) is 0 Å². The van der Waals surface area contributed by atoms with Crippen LogP contribution in [-0.2, 0) is 6.42 Å². The minimum Gasteiger partial charge on any atom is -0.493 e. The highest BCUT2D eigenvalue weighted by atomic mass is 16.5. The van der Waals surface area contributed by atoms with Crippen molar-refractivity contribution in [3.05, 3.63) is 29.5 Å². The molecule has 1 aromatic heterocycles. The largest absolute Gasteiger partial charge is 0.493 e. The van der Waals surface area contributed by atoms with Gasteiger partial charge in [-0.2, -0.15) is 0 Å². The average molecular weight is 404 g/mol. The Morgan fingerprint density at radius 3 is 2.55 bits per heavy atom. The van der Waals surface area contributed by atoms with E-state index in [1.807, 2.05) is 12.1 Å². The number of hydrogen-bond acceptors (Lipinski definition) is 8. The van der Waals surface area contributed by atoms with Crippen molar-refractivity contribution in [1.82, 2.24) is 20.4 Å². The van der Waals surface area contributed by atoms with E-state index in [1.165, 1.54) is 0 Å². The van der Waals surface area contributed by atoms with Gasteiger partial charge in [-0.1, -0.05) is 6.92 Å². The third-order valence-electron chi connectivity index (χ3n) is 5.14. The van der Waals surface area contributed by atoms with Gasteiger partial charge < -0.3 is 23.9 Å². The summed E-state index contributed by atoms with van der Waals surface area (Å²) in [7, 11) is 4.66. The van der Waals surface area contributed by atoms with Crippen LogP contribution >= 0.6 is 0 Å². The number of carbonyl (C=O) groups is 1. The maximum absolute atomic E-state index is 12.4. The SMILES string of the molecule is CCN1CCC[C@@H]1CNC(=O)c1nnc(Cc2cc(OC)c(OC)c(OC)c2)o1. The van der Waals surface area contributed by atoms with Crippen LogP contribution in [0.4, 0.5) is 0 Å². The molecule has 0 unspecified atom stereocenters. The number of nitrogens with one attached hydrogen (secondary N) is 1. The smallest absolute Gasteiger partial charge is 0.308 e. The molecule has 1 amide bonds. The molecule has 1 N–H and O–H groups in total. The Balaban J connectivity index is 1.65. The molecule has 1 aromatic carbocycles. The van der Waals surface area contributed by atoms with Crippen LogP contribution in [0.1, 0.15) is 41.9 Å². The van der Waals surface area contributed by atoms with Gasteiger partial charge in [0.05, 0.1) is 27.8 Å². The summed E-state index contributed by atoms with van der Waals surface area (Å²) in [4.78, 5) is 14.7. The molecule has 158 valence electrons. The van der Waals surface area contributed by atoms with Crippen LogP contribution in [0.5, 0.6) is 17.2 Å². The molecule has 0 saturated carbocycles. The molecule has 9 nitrogen and oxygen atoms in total. The van der Waals surface area contributed by atoms with Gasteiger partial charge in [0.2, 0.25) is 11.6 Å². The Labute approximate surface area is 170 Å². The molecule has 0 bridgehead atoms. The highest BCUT2D eigenvalue weighted by molar-refractivity contribution is 5.89. The molecular weight excluding hydrogens is 376 g/mol. The third kappa shape index (κ3) is 4.79. The van der Waals surface area contributed by atoms with Crippen LogP contribution in [0.3, 0.4) is 0 Å². The first kappa shape index (κ1) is 20.9. The van der Waals surface area contributed by atoms with E-state index in [-0.39, 0.29) is 11.8 Å². The lowest BCUT2D eigenvalue weighted by Gasteiger charge is -2.22. The molecule has 0 spiro atoms. The van der Waals surface area contributed by atoms with Crippen molar-refractivity contribution in [3.8, 4) is 17.2 Å². The van der Waals surface area contributed by atoms with E-state index in [1.54, 1.807) is 21.3 Å². The van der Waals surface area contributed by atoms with Crippen molar-refractivity contribution in [1.29, 1.82) is 0 Å². The molecule has 1 atom stereocenters. The summed E-state index contributed by atoms with van der Waals surface area (Å²) in [6.07, 6.45) is 2.58. The Morgan fingerprint density at radius 2 is 1.93 bits per heavy atom. The molecule has 3 rings (SSSR count). The zero-order valence-electron chi connectivity index (χ0n) is 17.4. The number of nitrogens with zero attached hydrogens (tertiary/aromatic N) is 3. The average Bonchev–Trinajstić information content (AvgIpc) is 3.40. The van der Waals surface area contributed by atoms with E-state index in [2.05, 4.69) is 27.3 Å². The Hall–Kier alpha value is -2.81. The number of hydrogen-bond donors (Lipinski definition) is 1. The topological polar surface area (TPSA) is 99.0 Å². The van der Waals surface area contributed by atoms with Crippen molar-refractivity contribution in [2.24, 2.45) is 0 Å². The zero-order chi connectivity index (χ0) is 20.8. The van der Waals surface area contributed by atoms with Crippen LogP contribution in [-0.4, -0.2) is 68.0 Å². The van der Waals surface area contributed by atoms with Gasteiger partial charge in [0.25, 0.3) is 0 Å². The number of benzene rings is 1. The molecule has 2 aromatic rings. The van der Waals surface area contributed by atoms with E-state index in [0.717, 1.165) is 31.5 Å². The van der Waals surface area contributed by atoms with Crippen LogP contribution in [0.15, 0.2) is 16.5 Å². The Morgan fingerprint density at radius 1 is 1.21 bits per heavy atom. The molecule has 29 heavy (non-hydrogen) atoms. The number of amides is 1. The number of methoxy groups -OCH3 is 3. The lowest BCUT2D eigenvalue weighted by molar-refractivity contribution is 0.0905. The first-order valence-corrected chi connectivity index (χ1v) is 9.73. The molecule has 1 aliphatic heterocycles. The molecule has 9 heteroatoms. The summed E-state index contributed by atoms with van der Waals surface area (Å²) in [6.45, 7) is 4.78. The summed E-state index contributed by atoms with van der Waals surface area (Å²) in [5, 5.41) is 10.8. The van der Waals surface area contributed by atoms with Crippen LogP contribution < -0.4 is 19.5 Å². The van der Waals surface area contributed by atoms with Crippen molar-refractivity contribution < 1.29 is 23.4 Å². The lowest BCUT2D eigenvalue weighted by atomic mass is 10.1. The molecule has 0 radical (unpaired) electrons. The predicted molar refractivity (Wildman–Crippen MR) is 106 cm³/mol. The number of rotatable bonds is 9. The highest BCUT2D eigenvalue weighted by Gasteiger charge is 2.24. The second-order valence-corrected chi connectivity index (χ2v) is 6.85. The Bertz CT molecular complexity index is 813. The quantitative estimate of drug-likeness (QED) is 0.677. The highest BCUT2D eigenvalue weighted by Crippen LogP contribution is 2.38. The summed E-state index contributed by atoms with van der Waals surface area (Å²) in [5.74, 6) is 1.54. The van der Waals surface area contributed by atoms with Crippen LogP contribution in [0.2, 0.25) is 0 Å². The summed E-state index contributed by atoms with van der Waals surface area (Å²) >= 11 is 0. The number of likely N-dealkylation sites (tertiary alicyclic amines) is 1. The summed E-state index contributed by atoms with van der Waals surface area (Å²) in [5.41, 5.74) is 0.833. The van der Waals surface area contributed by atoms with Gasteiger partial charge in [-0.05, 0) is 43.6 Å². The molecule has 2 heterocycles. The monoisotopic (exact) mass is 404 g/mol. The van der Waals surface area contributed by atoms with Crippen molar-refractivity contribution in [2.45, 2.75) is 32.2 Å². The number of aromatic nitrogens is 2. The second-order valence-electron chi connectivity index (χ2n) is 6.85. The van der Waals surface area contributed by atoms with Gasteiger partial charge in [0, 0.05) is 12.6 Å². The fourth-order valence-corrected chi connectivity index (χ4v) is 3.66. The Kier molecular flexibility index (Phi) is 6.92. The van der Waals surface area contributed by atoms with Crippen molar-refractivity contribution in [3.63, 3.8) is 0 Å². The second kappa shape index (κ2) is 9.60. The molecule has 1 aliphatic rings. The standard InChI is InChI=1S/C20H28N4O5/c1-5-24-8-6-7-14(24)12-21-19(25)20-23-22-17(29-20)11-13-9-15(26-2)18(28-4)16(10-13)27-3/h9-10,14H,5-8,11-12H2,1-4H3,(H,21,25)/t14-/m1/s1. The fraction of sp³-hybridized carbons (Fsp3) is 0.550. The van der Waals surface area contributed by atoms with Crippen LogP contribution in [0.25, 0.3) is 0 Å². The van der Waals surface area contributed by atoms with Crippen LogP contribution in [0, 0.1) is 0 Å². The molecule has 1 saturated heterocycles. The van der Waals surface area contributed by atoms with Gasteiger partial charge in [-0.3, -0.25) is 9.69 Å². The van der Waals surface area contributed by atoms with E-state index in [4.69, 9.17) is 18.6 Å². The van der Waals surface area contributed by atoms with E-state index in [0.29, 0.717) is 42.1 Å². The fourth-order valence-electron chi connectivity index (χ4n) is 3.66. The first-order chi connectivity index (χ1) is 14.1. The van der Waals surface area contributed by atoms with Gasteiger partial charge in [0.15, 0.2) is 11.5 Å². The summed E-state index contributed by atoms with van der Waals surface area (Å²) in [6, 6.07) is 3.99. The lowest BCUT2D eigenvalue weighted by Crippen LogP contribution is -2.40. The first-order valence-electron chi connectivity index (χ1n) is 9.73. The predicted octanol–water partition coefficient (Wildman–Crippen LogP) is 1.90. The van der Waals surface area contributed by atoms with Gasteiger partial charge in [-0.15, -0.1) is 10.2 Å². The minimum atomic E-state index is -0.350. The number of ether oxygens (including phenoxy) is 3. The van der Waals surface area contributed by atoms with Crippen molar-refractivity contribution >= 4 is 5.91 Å². The zero-order valence-corrected chi connectivity index (χ0v) is 17.4. The number of carbonyl (C=O) groups excluding carboxylic acids is 1. The van der Waals surface area contributed by atoms with Gasteiger partial charge >= 0.3 is 11.8 Å². The minimum absolute atomic E-state index is 0.0338. The molecule has 0 aliphatic carbocycles. The maximum atomic E-state index is 12.4. The third-order valence-corrected chi connectivity index (χ3v) is 5.14. The van der Waals surface area contributed by atoms with E-state index in [9.17, 15) is 4.79 Å². The van der Waals surface area contributed by atoms with Crippen molar-refractivity contribution in [2.75, 3.05) is 41.0 Å².